The Morgan fingerprint density at radius 2 is 1.89 bits per heavy atom. The zero-order valence-electron chi connectivity index (χ0n) is 11.0. The first kappa shape index (κ1) is 14.2. The molecule has 1 aliphatic rings. The smallest absolute Gasteiger partial charge is 0.258 e. The minimum absolute atomic E-state index is 0.0443. The zero-order chi connectivity index (χ0) is 13.6. The van der Waals surface area contributed by atoms with Crippen molar-refractivity contribution in [2.45, 2.75) is 37.6 Å². The first-order chi connectivity index (χ1) is 9.24. The van der Waals surface area contributed by atoms with Crippen molar-refractivity contribution >= 4 is 17.5 Å². The predicted octanol–water partition coefficient (Wildman–Crippen LogP) is 3.12. The molecule has 1 fully saturated rings. The highest BCUT2D eigenvalue weighted by Gasteiger charge is 2.32. The van der Waals surface area contributed by atoms with E-state index in [1.807, 2.05) is 30.3 Å². The highest BCUT2D eigenvalue weighted by atomic mass is 35.5. The Labute approximate surface area is 119 Å². The van der Waals surface area contributed by atoms with E-state index in [1.54, 1.807) is 0 Å². The molecule has 0 atom stereocenters. The summed E-state index contributed by atoms with van der Waals surface area (Å²) in [5, 5.41) is 3.06. The molecule has 0 heterocycles. The van der Waals surface area contributed by atoms with Gasteiger partial charge in [-0.25, -0.2) is 0 Å². The number of hydrogen-bond donors (Lipinski definition) is 1. The molecule has 1 aliphatic carbocycles. The molecule has 3 nitrogen and oxygen atoms in total. The normalized spacial score (nSPS) is 17.7. The number of nitrogens with one attached hydrogen (secondary N) is 1. The summed E-state index contributed by atoms with van der Waals surface area (Å²) in [6.45, 7) is 0.0443. The Balaban J connectivity index is 1.83. The maximum absolute atomic E-state index is 12.0. The summed E-state index contributed by atoms with van der Waals surface area (Å²) in [5.41, 5.74) is -0.225. The summed E-state index contributed by atoms with van der Waals surface area (Å²) < 4.78 is 5.44. The average molecular weight is 282 g/mol. The van der Waals surface area contributed by atoms with Crippen LogP contribution in [-0.2, 0) is 4.79 Å². The summed E-state index contributed by atoms with van der Waals surface area (Å²) >= 11 is 6.04. The fourth-order valence-corrected chi connectivity index (χ4v) is 2.85. The number of halogens is 1. The Hall–Kier alpha value is -1.22. The molecule has 4 heteroatoms. The number of rotatable bonds is 5. The van der Waals surface area contributed by atoms with Gasteiger partial charge in [-0.3, -0.25) is 4.79 Å². The van der Waals surface area contributed by atoms with Crippen molar-refractivity contribution < 1.29 is 9.53 Å². The molecular weight excluding hydrogens is 262 g/mol. The number of carbonyl (C=O) groups is 1. The molecule has 0 aromatic heterocycles. The van der Waals surface area contributed by atoms with Gasteiger partial charge in [0.1, 0.15) is 5.75 Å². The van der Waals surface area contributed by atoms with Gasteiger partial charge < -0.3 is 10.1 Å². The van der Waals surface area contributed by atoms with Crippen LogP contribution in [0.3, 0.4) is 0 Å². The van der Waals surface area contributed by atoms with Gasteiger partial charge in [0.25, 0.3) is 5.91 Å². The van der Waals surface area contributed by atoms with Crippen molar-refractivity contribution in [3.63, 3.8) is 0 Å². The van der Waals surface area contributed by atoms with Crippen LogP contribution in [0.5, 0.6) is 5.75 Å². The van der Waals surface area contributed by atoms with E-state index >= 15 is 0 Å². The predicted molar refractivity (Wildman–Crippen MR) is 76.6 cm³/mol. The molecule has 1 N–H and O–H groups in total. The number of alkyl halides is 1. The van der Waals surface area contributed by atoms with Crippen LogP contribution in [0.15, 0.2) is 30.3 Å². The van der Waals surface area contributed by atoms with E-state index in [0.29, 0.717) is 11.6 Å². The molecule has 1 saturated carbocycles. The van der Waals surface area contributed by atoms with Crippen LogP contribution in [0.25, 0.3) is 0 Å². The van der Waals surface area contributed by atoms with E-state index in [4.69, 9.17) is 16.3 Å². The summed E-state index contributed by atoms with van der Waals surface area (Å²) in [4.78, 5) is 12.0. The first-order valence-electron chi connectivity index (χ1n) is 6.79. The van der Waals surface area contributed by atoms with Crippen LogP contribution in [0.1, 0.15) is 32.1 Å². The third kappa shape index (κ3) is 4.13. The molecule has 0 spiro atoms. The molecule has 1 aromatic rings. The van der Waals surface area contributed by atoms with E-state index in [2.05, 4.69) is 5.32 Å². The van der Waals surface area contributed by atoms with Gasteiger partial charge in [-0.05, 0) is 25.0 Å². The second-order valence-corrected chi connectivity index (χ2v) is 5.39. The molecule has 104 valence electrons. The van der Waals surface area contributed by atoms with Crippen molar-refractivity contribution in [2.75, 3.05) is 12.5 Å². The molecule has 0 radical (unpaired) electrons. The van der Waals surface area contributed by atoms with E-state index in [1.165, 1.54) is 6.42 Å². The molecule has 0 saturated heterocycles. The number of para-hydroxylation sites is 1. The molecule has 19 heavy (non-hydrogen) atoms. The minimum atomic E-state index is -0.225. The average Bonchev–Trinajstić information content (AvgIpc) is 2.47. The highest BCUT2D eigenvalue weighted by Crippen LogP contribution is 2.29. The SMILES string of the molecule is O=C(COc1ccccc1)NC1(CCl)CCCCC1. The molecule has 1 aromatic carbocycles. The molecule has 1 amide bonds. The fourth-order valence-electron chi connectivity index (χ4n) is 2.52. The van der Waals surface area contributed by atoms with Gasteiger partial charge in [-0.15, -0.1) is 11.6 Å². The maximum Gasteiger partial charge on any atom is 0.258 e. The van der Waals surface area contributed by atoms with Gasteiger partial charge >= 0.3 is 0 Å². The molecular formula is C15H20ClNO2. The molecule has 0 bridgehead atoms. The lowest BCUT2D eigenvalue weighted by Crippen LogP contribution is -2.52. The number of carbonyl (C=O) groups excluding carboxylic acids is 1. The lowest BCUT2D eigenvalue weighted by atomic mass is 9.83. The Morgan fingerprint density at radius 1 is 1.21 bits per heavy atom. The summed E-state index contributed by atoms with van der Waals surface area (Å²) in [6.07, 6.45) is 5.43. The van der Waals surface area contributed by atoms with Gasteiger partial charge in [0.05, 0.1) is 5.54 Å². The number of amides is 1. The zero-order valence-corrected chi connectivity index (χ0v) is 11.8. The standard InChI is InChI=1S/C15H20ClNO2/c16-12-15(9-5-2-6-10-15)17-14(18)11-19-13-7-3-1-4-8-13/h1,3-4,7-8H,2,5-6,9-12H2,(H,17,18). The van der Waals surface area contributed by atoms with E-state index < -0.39 is 0 Å². The Bertz CT molecular complexity index is 402. The van der Waals surface area contributed by atoms with Crippen molar-refractivity contribution in [3.05, 3.63) is 30.3 Å². The van der Waals surface area contributed by atoms with Crippen LogP contribution < -0.4 is 10.1 Å². The van der Waals surface area contributed by atoms with Crippen LogP contribution >= 0.6 is 11.6 Å². The van der Waals surface area contributed by atoms with Gasteiger partial charge in [0, 0.05) is 5.88 Å². The third-order valence-corrected chi connectivity index (χ3v) is 4.10. The van der Waals surface area contributed by atoms with Gasteiger partial charge in [-0.1, -0.05) is 37.5 Å². The van der Waals surface area contributed by atoms with Crippen molar-refractivity contribution in [1.29, 1.82) is 0 Å². The third-order valence-electron chi connectivity index (χ3n) is 3.58. The Morgan fingerprint density at radius 3 is 2.53 bits per heavy atom. The number of ether oxygens (including phenoxy) is 1. The van der Waals surface area contributed by atoms with Crippen LogP contribution in [-0.4, -0.2) is 23.9 Å². The van der Waals surface area contributed by atoms with E-state index in [0.717, 1.165) is 25.7 Å². The van der Waals surface area contributed by atoms with Crippen LogP contribution in [0.4, 0.5) is 0 Å². The van der Waals surface area contributed by atoms with Crippen molar-refractivity contribution in [1.82, 2.24) is 5.32 Å². The second kappa shape index (κ2) is 6.80. The minimum Gasteiger partial charge on any atom is -0.484 e. The summed E-state index contributed by atoms with van der Waals surface area (Å²) in [5.74, 6) is 1.09. The lowest BCUT2D eigenvalue weighted by Gasteiger charge is -2.36. The Kier molecular flexibility index (Phi) is 5.08. The van der Waals surface area contributed by atoms with E-state index in [-0.39, 0.29) is 18.1 Å². The molecule has 0 aliphatic heterocycles. The first-order valence-corrected chi connectivity index (χ1v) is 7.32. The summed E-state index contributed by atoms with van der Waals surface area (Å²) in [6, 6.07) is 9.36. The topological polar surface area (TPSA) is 38.3 Å². The quantitative estimate of drug-likeness (QED) is 0.842. The van der Waals surface area contributed by atoms with Gasteiger partial charge in [-0.2, -0.15) is 0 Å². The molecule has 0 unspecified atom stereocenters. The maximum atomic E-state index is 12.0. The lowest BCUT2D eigenvalue weighted by molar-refractivity contribution is -0.125. The fraction of sp³-hybridized carbons (Fsp3) is 0.533. The molecule has 2 rings (SSSR count). The van der Waals surface area contributed by atoms with Crippen molar-refractivity contribution in [2.24, 2.45) is 0 Å². The second-order valence-electron chi connectivity index (χ2n) is 5.12. The van der Waals surface area contributed by atoms with Crippen molar-refractivity contribution in [3.8, 4) is 5.75 Å². The van der Waals surface area contributed by atoms with E-state index in [9.17, 15) is 4.79 Å². The van der Waals surface area contributed by atoms with Gasteiger partial charge in [0.2, 0.25) is 0 Å². The van der Waals surface area contributed by atoms with Gasteiger partial charge in [0.15, 0.2) is 6.61 Å². The summed E-state index contributed by atoms with van der Waals surface area (Å²) in [7, 11) is 0. The van der Waals surface area contributed by atoms with Crippen LogP contribution in [0.2, 0.25) is 0 Å². The largest absolute Gasteiger partial charge is 0.484 e. The monoisotopic (exact) mass is 281 g/mol. The number of hydrogen-bond acceptors (Lipinski definition) is 2. The number of benzene rings is 1. The highest BCUT2D eigenvalue weighted by molar-refractivity contribution is 6.18. The van der Waals surface area contributed by atoms with Crippen LogP contribution in [0, 0.1) is 0 Å².